The summed E-state index contributed by atoms with van der Waals surface area (Å²) in [4.78, 5) is 30.4. The van der Waals surface area contributed by atoms with E-state index < -0.39 is 0 Å². The van der Waals surface area contributed by atoms with E-state index in [9.17, 15) is 9.59 Å². The van der Waals surface area contributed by atoms with E-state index in [0.29, 0.717) is 35.8 Å². The van der Waals surface area contributed by atoms with Crippen LogP contribution < -0.4 is 15.0 Å². The minimum absolute atomic E-state index is 0.154. The molecule has 158 valence electrons. The zero-order chi connectivity index (χ0) is 21.7. The lowest BCUT2D eigenvalue weighted by Crippen LogP contribution is -2.35. The van der Waals surface area contributed by atoms with E-state index in [-0.39, 0.29) is 18.0 Å². The monoisotopic (exact) mass is 410 g/mol. The van der Waals surface area contributed by atoms with Crippen molar-refractivity contribution in [3.63, 3.8) is 0 Å². The van der Waals surface area contributed by atoms with Gasteiger partial charge in [0.25, 0.3) is 11.5 Å². The maximum Gasteiger partial charge on any atom is 0.254 e. The minimum Gasteiger partial charge on any atom is -0.497 e. The first-order valence-corrected chi connectivity index (χ1v) is 9.59. The van der Waals surface area contributed by atoms with Gasteiger partial charge in [-0.2, -0.15) is 0 Å². The topological polar surface area (TPSA) is 80.9 Å². The summed E-state index contributed by atoms with van der Waals surface area (Å²) in [5.41, 5.74) is 2.54. The molecule has 0 atom stereocenters. The fourth-order valence-corrected chi connectivity index (χ4v) is 3.25. The van der Waals surface area contributed by atoms with Gasteiger partial charge in [-0.3, -0.25) is 9.59 Å². The molecule has 0 aliphatic rings. The molecule has 1 aromatic heterocycles. The summed E-state index contributed by atoms with van der Waals surface area (Å²) in [6.07, 6.45) is 0. The lowest BCUT2D eigenvalue weighted by Gasteiger charge is -2.23. The molecule has 0 bridgehead atoms. The summed E-state index contributed by atoms with van der Waals surface area (Å²) in [6.45, 7) is 2.80. The number of ether oxygens (including phenoxy) is 3. The van der Waals surface area contributed by atoms with Gasteiger partial charge in [-0.05, 0) is 42.1 Å². The van der Waals surface area contributed by atoms with Gasteiger partial charge in [-0.25, -0.2) is 0 Å². The van der Waals surface area contributed by atoms with E-state index in [2.05, 4.69) is 4.98 Å². The molecular formula is C23H26N2O5. The number of fused-ring (bicyclic) bond motifs is 1. The molecule has 0 aliphatic heterocycles. The summed E-state index contributed by atoms with van der Waals surface area (Å²) >= 11 is 0. The van der Waals surface area contributed by atoms with Crippen molar-refractivity contribution in [3.05, 3.63) is 69.5 Å². The van der Waals surface area contributed by atoms with E-state index in [1.165, 1.54) is 14.2 Å². The molecule has 7 heteroatoms. The zero-order valence-electron chi connectivity index (χ0n) is 17.7. The molecule has 0 saturated carbocycles. The van der Waals surface area contributed by atoms with Gasteiger partial charge in [0.15, 0.2) is 0 Å². The number of amides is 1. The lowest BCUT2D eigenvalue weighted by atomic mass is 10.1. The van der Waals surface area contributed by atoms with Crippen LogP contribution in [-0.2, 0) is 11.3 Å². The van der Waals surface area contributed by atoms with Crippen LogP contribution in [0.1, 0.15) is 21.5 Å². The van der Waals surface area contributed by atoms with Crippen LogP contribution in [0.5, 0.6) is 11.5 Å². The number of aryl methyl sites for hydroxylation is 1. The largest absolute Gasteiger partial charge is 0.497 e. The molecule has 7 nitrogen and oxygen atoms in total. The van der Waals surface area contributed by atoms with Crippen LogP contribution >= 0.6 is 0 Å². The Labute approximate surface area is 175 Å². The first kappa shape index (κ1) is 21.4. The molecule has 0 saturated heterocycles. The Bertz CT molecular complexity index is 1080. The molecule has 0 fully saturated rings. The molecule has 1 N–H and O–H groups in total. The van der Waals surface area contributed by atoms with Gasteiger partial charge in [0, 0.05) is 36.4 Å². The van der Waals surface area contributed by atoms with Gasteiger partial charge in [-0.15, -0.1) is 0 Å². The third kappa shape index (κ3) is 4.80. The fourth-order valence-electron chi connectivity index (χ4n) is 3.25. The Hall–Kier alpha value is -3.32. The summed E-state index contributed by atoms with van der Waals surface area (Å²) in [7, 11) is 4.63. The number of rotatable bonds is 8. The van der Waals surface area contributed by atoms with Crippen molar-refractivity contribution in [2.24, 2.45) is 0 Å². The van der Waals surface area contributed by atoms with Crippen LogP contribution in [-0.4, -0.2) is 50.3 Å². The van der Waals surface area contributed by atoms with Crippen molar-refractivity contribution in [2.45, 2.75) is 13.5 Å². The number of nitrogens with one attached hydrogen (secondary N) is 1. The van der Waals surface area contributed by atoms with Crippen molar-refractivity contribution in [2.75, 3.05) is 34.5 Å². The van der Waals surface area contributed by atoms with E-state index in [1.54, 1.807) is 30.2 Å². The summed E-state index contributed by atoms with van der Waals surface area (Å²) in [5, 5.41) is 0.914. The molecule has 0 aliphatic carbocycles. The van der Waals surface area contributed by atoms with E-state index in [0.717, 1.165) is 16.5 Å². The van der Waals surface area contributed by atoms with Gasteiger partial charge in [0.05, 0.1) is 27.4 Å². The number of nitrogens with zero attached hydrogens (tertiary/aromatic N) is 1. The Kier molecular flexibility index (Phi) is 6.74. The molecule has 1 amide bonds. The number of carbonyl (C=O) groups is 1. The second kappa shape index (κ2) is 9.45. The number of carbonyl (C=O) groups excluding carboxylic acids is 1. The summed E-state index contributed by atoms with van der Waals surface area (Å²) in [6, 6.07) is 12.7. The number of hydrogen-bond acceptors (Lipinski definition) is 5. The first-order valence-electron chi connectivity index (χ1n) is 9.59. The molecular weight excluding hydrogens is 384 g/mol. The molecule has 0 unspecified atom stereocenters. The first-order chi connectivity index (χ1) is 14.4. The van der Waals surface area contributed by atoms with Crippen LogP contribution in [0.2, 0.25) is 0 Å². The van der Waals surface area contributed by atoms with Gasteiger partial charge in [0.2, 0.25) is 0 Å². The van der Waals surface area contributed by atoms with Crippen molar-refractivity contribution in [3.8, 4) is 11.5 Å². The predicted molar refractivity (Wildman–Crippen MR) is 115 cm³/mol. The Morgan fingerprint density at radius 3 is 2.33 bits per heavy atom. The van der Waals surface area contributed by atoms with Crippen LogP contribution in [0.3, 0.4) is 0 Å². The summed E-state index contributed by atoms with van der Waals surface area (Å²) in [5.74, 6) is 0.791. The lowest BCUT2D eigenvalue weighted by molar-refractivity contribution is 0.0679. The number of hydrogen-bond donors (Lipinski definition) is 1. The standard InChI is InChI=1S/C23H26N2O5/c1-15-5-6-16-10-18(22(26)24-21(16)9-15)14-25(7-8-28-2)23(27)17-11-19(29-3)13-20(12-17)30-4/h5-6,9-13H,7-8,14H2,1-4H3,(H,24,26). The van der Waals surface area contributed by atoms with E-state index in [1.807, 2.05) is 31.2 Å². The highest BCUT2D eigenvalue weighted by Gasteiger charge is 2.19. The van der Waals surface area contributed by atoms with Crippen molar-refractivity contribution < 1.29 is 19.0 Å². The highest BCUT2D eigenvalue weighted by Crippen LogP contribution is 2.24. The third-order valence-electron chi connectivity index (χ3n) is 4.89. The molecule has 3 aromatic rings. The molecule has 2 aromatic carbocycles. The number of aromatic nitrogens is 1. The number of aromatic amines is 1. The highest BCUT2D eigenvalue weighted by molar-refractivity contribution is 5.95. The van der Waals surface area contributed by atoms with Gasteiger partial charge < -0.3 is 24.1 Å². The van der Waals surface area contributed by atoms with Crippen LogP contribution in [0.25, 0.3) is 10.9 Å². The third-order valence-corrected chi connectivity index (χ3v) is 4.89. The number of H-pyrrole nitrogens is 1. The van der Waals surface area contributed by atoms with Crippen molar-refractivity contribution >= 4 is 16.8 Å². The van der Waals surface area contributed by atoms with Gasteiger partial charge >= 0.3 is 0 Å². The van der Waals surface area contributed by atoms with Crippen LogP contribution in [0, 0.1) is 6.92 Å². The molecule has 30 heavy (non-hydrogen) atoms. The molecule has 0 spiro atoms. The average Bonchev–Trinajstić information content (AvgIpc) is 2.76. The van der Waals surface area contributed by atoms with Crippen LogP contribution in [0.15, 0.2) is 47.3 Å². The average molecular weight is 410 g/mol. The molecule has 3 rings (SSSR count). The van der Waals surface area contributed by atoms with E-state index in [4.69, 9.17) is 14.2 Å². The number of benzene rings is 2. The maximum absolute atomic E-state index is 13.3. The predicted octanol–water partition coefficient (Wildman–Crippen LogP) is 3.14. The quantitative estimate of drug-likeness (QED) is 0.617. The fraction of sp³-hybridized carbons (Fsp3) is 0.304. The number of pyridine rings is 1. The minimum atomic E-state index is -0.243. The Morgan fingerprint density at radius 1 is 1.00 bits per heavy atom. The van der Waals surface area contributed by atoms with E-state index >= 15 is 0 Å². The Morgan fingerprint density at radius 2 is 1.70 bits per heavy atom. The SMILES string of the molecule is COCCN(Cc1cc2ccc(C)cc2[nH]c1=O)C(=O)c1cc(OC)cc(OC)c1. The van der Waals surface area contributed by atoms with Gasteiger partial charge in [-0.1, -0.05) is 12.1 Å². The highest BCUT2D eigenvalue weighted by atomic mass is 16.5. The second-order valence-corrected chi connectivity index (χ2v) is 7.04. The summed E-state index contributed by atoms with van der Waals surface area (Å²) < 4.78 is 15.7. The van der Waals surface area contributed by atoms with Crippen molar-refractivity contribution in [1.82, 2.24) is 9.88 Å². The maximum atomic E-state index is 13.3. The normalized spacial score (nSPS) is 10.8. The molecule has 1 heterocycles. The smallest absolute Gasteiger partial charge is 0.254 e. The zero-order valence-corrected chi connectivity index (χ0v) is 17.7. The van der Waals surface area contributed by atoms with Crippen molar-refractivity contribution in [1.29, 1.82) is 0 Å². The van der Waals surface area contributed by atoms with Gasteiger partial charge in [0.1, 0.15) is 11.5 Å². The second-order valence-electron chi connectivity index (χ2n) is 7.04. The Balaban J connectivity index is 1.96. The number of methoxy groups -OCH3 is 3. The van der Waals surface area contributed by atoms with Crippen LogP contribution in [0.4, 0.5) is 0 Å². The molecule has 0 radical (unpaired) electrons.